The summed E-state index contributed by atoms with van der Waals surface area (Å²) >= 11 is 0. The van der Waals surface area contributed by atoms with Crippen LogP contribution in [0.5, 0.6) is 0 Å². The van der Waals surface area contributed by atoms with Crippen molar-refractivity contribution >= 4 is 0 Å². The van der Waals surface area contributed by atoms with Gasteiger partial charge in [-0.15, -0.1) is 0 Å². The molecule has 2 rings (SSSR count). The smallest absolute Gasteiger partial charge is 0.0248 e. The van der Waals surface area contributed by atoms with Crippen molar-refractivity contribution in [1.29, 1.82) is 0 Å². The van der Waals surface area contributed by atoms with Gasteiger partial charge < -0.3 is 0 Å². The highest BCUT2D eigenvalue weighted by molar-refractivity contribution is 5.27. The van der Waals surface area contributed by atoms with Gasteiger partial charge in [0.05, 0.1) is 0 Å². The Labute approximate surface area is 143 Å². The summed E-state index contributed by atoms with van der Waals surface area (Å²) in [5, 5.41) is 0. The van der Waals surface area contributed by atoms with Crippen molar-refractivity contribution in [3.63, 3.8) is 0 Å². The number of hydrogen-bond acceptors (Lipinski definition) is 0. The Hall–Kier alpha value is -1.56. The fourth-order valence-electron chi connectivity index (χ4n) is 3.64. The SMILES string of the molecule is CCCc1ccccc1CC(CC)CC(C)Cc1ccccc1. The lowest BCUT2D eigenvalue weighted by Crippen LogP contribution is -2.12. The number of hydrogen-bond donors (Lipinski definition) is 0. The first-order chi connectivity index (χ1) is 11.2. The summed E-state index contributed by atoms with van der Waals surface area (Å²) in [6, 6.07) is 20.0. The lowest BCUT2D eigenvalue weighted by Gasteiger charge is -2.21. The molecule has 0 nitrogen and oxygen atoms in total. The minimum atomic E-state index is 0.751. The van der Waals surface area contributed by atoms with Gasteiger partial charge in [-0.1, -0.05) is 88.2 Å². The lowest BCUT2D eigenvalue weighted by atomic mass is 9.84. The van der Waals surface area contributed by atoms with E-state index in [-0.39, 0.29) is 0 Å². The van der Waals surface area contributed by atoms with E-state index in [1.165, 1.54) is 44.1 Å². The van der Waals surface area contributed by atoms with Crippen molar-refractivity contribution < 1.29 is 0 Å². The van der Waals surface area contributed by atoms with E-state index in [9.17, 15) is 0 Å². The highest BCUT2D eigenvalue weighted by atomic mass is 14.2. The highest BCUT2D eigenvalue weighted by Crippen LogP contribution is 2.25. The summed E-state index contributed by atoms with van der Waals surface area (Å²) in [7, 11) is 0. The first-order valence-electron chi connectivity index (χ1n) is 9.33. The number of benzene rings is 2. The summed E-state index contributed by atoms with van der Waals surface area (Å²) in [6.45, 7) is 7.03. The van der Waals surface area contributed by atoms with Crippen LogP contribution in [0.2, 0.25) is 0 Å². The first kappa shape index (κ1) is 17.8. The summed E-state index contributed by atoms with van der Waals surface area (Å²) in [6.07, 6.45) is 7.50. The molecule has 0 N–H and O–H groups in total. The molecule has 2 unspecified atom stereocenters. The Bertz CT molecular complexity index is 555. The van der Waals surface area contributed by atoms with Crippen LogP contribution in [-0.4, -0.2) is 0 Å². The van der Waals surface area contributed by atoms with Crippen LogP contribution in [0.4, 0.5) is 0 Å². The highest BCUT2D eigenvalue weighted by Gasteiger charge is 2.14. The molecule has 0 aliphatic carbocycles. The minimum Gasteiger partial charge on any atom is -0.0651 e. The van der Waals surface area contributed by atoms with Crippen LogP contribution in [-0.2, 0) is 19.3 Å². The third kappa shape index (κ3) is 5.86. The molecular formula is C23H32. The Morgan fingerprint density at radius 1 is 0.783 bits per heavy atom. The second-order valence-electron chi connectivity index (χ2n) is 7.03. The number of rotatable bonds is 9. The molecule has 0 aliphatic rings. The van der Waals surface area contributed by atoms with E-state index in [0.29, 0.717) is 0 Å². The molecule has 0 radical (unpaired) electrons. The fourth-order valence-corrected chi connectivity index (χ4v) is 3.64. The molecule has 0 heterocycles. The van der Waals surface area contributed by atoms with Gasteiger partial charge in [-0.25, -0.2) is 0 Å². The van der Waals surface area contributed by atoms with Gasteiger partial charge in [0.25, 0.3) is 0 Å². The van der Waals surface area contributed by atoms with E-state index >= 15 is 0 Å². The summed E-state index contributed by atoms with van der Waals surface area (Å²) in [5.74, 6) is 1.55. The van der Waals surface area contributed by atoms with Crippen molar-refractivity contribution in [3.8, 4) is 0 Å². The van der Waals surface area contributed by atoms with Gasteiger partial charge in [0.15, 0.2) is 0 Å². The molecule has 0 saturated carbocycles. The zero-order valence-electron chi connectivity index (χ0n) is 15.1. The quantitative estimate of drug-likeness (QED) is 0.497. The third-order valence-corrected chi connectivity index (χ3v) is 4.89. The largest absolute Gasteiger partial charge is 0.0651 e. The Balaban J connectivity index is 1.95. The predicted molar refractivity (Wildman–Crippen MR) is 102 cm³/mol. The van der Waals surface area contributed by atoms with Crippen molar-refractivity contribution in [2.45, 2.75) is 59.3 Å². The van der Waals surface area contributed by atoms with Crippen LogP contribution in [0.15, 0.2) is 54.6 Å². The molecule has 0 spiro atoms. The normalized spacial score (nSPS) is 13.7. The lowest BCUT2D eigenvalue weighted by molar-refractivity contribution is 0.376. The molecule has 0 aromatic heterocycles. The average Bonchev–Trinajstić information content (AvgIpc) is 2.57. The van der Waals surface area contributed by atoms with E-state index in [1.807, 2.05) is 0 Å². The maximum Gasteiger partial charge on any atom is -0.0248 e. The summed E-state index contributed by atoms with van der Waals surface area (Å²) in [4.78, 5) is 0. The Morgan fingerprint density at radius 2 is 1.43 bits per heavy atom. The zero-order chi connectivity index (χ0) is 16.5. The van der Waals surface area contributed by atoms with Gasteiger partial charge in [0.2, 0.25) is 0 Å². The van der Waals surface area contributed by atoms with Crippen LogP contribution < -0.4 is 0 Å². The molecule has 2 aromatic rings. The van der Waals surface area contributed by atoms with Gasteiger partial charge in [-0.3, -0.25) is 0 Å². The van der Waals surface area contributed by atoms with E-state index in [4.69, 9.17) is 0 Å². The van der Waals surface area contributed by atoms with E-state index in [1.54, 1.807) is 11.1 Å². The van der Waals surface area contributed by atoms with Crippen LogP contribution in [0.1, 0.15) is 56.7 Å². The topological polar surface area (TPSA) is 0 Å². The van der Waals surface area contributed by atoms with E-state index in [0.717, 1.165) is 11.8 Å². The van der Waals surface area contributed by atoms with E-state index in [2.05, 4.69) is 75.4 Å². The Morgan fingerprint density at radius 3 is 2.09 bits per heavy atom. The molecule has 2 aromatic carbocycles. The zero-order valence-corrected chi connectivity index (χ0v) is 15.1. The maximum absolute atomic E-state index is 2.41. The standard InChI is InChI=1S/C23H32/c1-4-11-22-14-9-10-15-23(22)18-20(5-2)16-19(3)17-21-12-7-6-8-13-21/h6-10,12-15,19-20H,4-5,11,16-18H2,1-3H3. The number of aryl methyl sites for hydroxylation is 1. The molecule has 2 atom stereocenters. The van der Waals surface area contributed by atoms with Gasteiger partial charge >= 0.3 is 0 Å². The van der Waals surface area contributed by atoms with Crippen LogP contribution >= 0.6 is 0 Å². The van der Waals surface area contributed by atoms with Gasteiger partial charge in [0, 0.05) is 0 Å². The van der Waals surface area contributed by atoms with Crippen molar-refractivity contribution in [2.75, 3.05) is 0 Å². The third-order valence-electron chi connectivity index (χ3n) is 4.89. The molecule has 0 saturated heterocycles. The summed E-state index contributed by atoms with van der Waals surface area (Å²) < 4.78 is 0. The second kappa shape index (κ2) is 9.55. The van der Waals surface area contributed by atoms with Crippen molar-refractivity contribution in [2.24, 2.45) is 11.8 Å². The van der Waals surface area contributed by atoms with Crippen molar-refractivity contribution in [3.05, 3.63) is 71.3 Å². The molecular weight excluding hydrogens is 276 g/mol. The summed E-state index contributed by atoms with van der Waals surface area (Å²) in [5.41, 5.74) is 4.61. The monoisotopic (exact) mass is 308 g/mol. The van der Waals surface area contributed by atoms with Crippen molar-refractivity contribution in [1.82, 2.24) is 0 Å². The molecule has 0 fully saturated rings. The molecule has 0 heteroatoms. The molecule has 0 amide bonds. The van der Waals surface area contributed by atoms with Crippen LogP contribution in [0, 0.1) is 11.8 Å². The average molecular weight is 309 g/mol. The first-order valence-corrected chi connectivity index (χ1v) is 9.33. The molecule has 124 valence electrons. The molecule has 0 aliphatic heterocycles. The molecule has 23 heavy (non-hydrogen) atoms. The maximum atomic E-state index is 2.41. The van der Waals surface area contributed by atoms with Gasteiger partial charge in [-0.2, -0.15) is 0 Å². The van der Waals surface area contributed by atoms with Crippen LogP contribution in [0.3, 0.4) is 0 Å². The van der Waals surface area contributed by atoms with Crippen LogP contribution in [0.25, 0.3) is 0 Å². The second-order valence-corrected chi connectivity index (χ2v) is 7.03. The van der Waals surface area contributed by atoms with Gasteiger partial charge in [-0.05, 0) is 54.2 Å². The predicted octanol–water partition coefficient (Wildman–Crippen LogP) is 6.48. The Kier molecular flexibility index (Phi) is 7.39. The van der Waals surface area contributed by atoms with E-state index < -0.39 is 0 Å². The fraction of sp³-hybridized carbons (Fsp3) is 0.478. The molecule has 0 bridgehead atoms. The van der Waals surface area contributed by atoms with Gasteiger partial charge in [0.1, 0.15) is 0 Å². The minimum absolute atomic E-state index is 0.751.